The minimum Gasteiger partial charge on any atom is -0.377 e. The molecule has 0 aliphatic carbocycles. The predicted octanol–water partition coefficient (Wildman–Crippen LogP) is 2.84. The van der Waals surface area contributed by atoms with E-state index in [1.807, 2.05) is 0 Å². The Morgan fingerprint density at radius 3 is 2.70 bits per heavy atom. The standard InChI is InChI=1S/C17H28N2O/c1-4-18-17(15-9-6-5-7-10-15)14(2)19(3)13-16-11-8-12-20-16/h5-7,9-10,14,16-18H,4,8,11-13H2,1-3H3. The normalized spacial score (nSPS) is 22.1. The van der Waals surface area contributed by atoms with Crippen LogP contribution in [0.3, 0.4) is 0 Å². The second-order valence-electron chi connectivity index (χ2n) is 5.76. The average Bonchev–Trinajstić information content (AvgIpc) is 2.98. The number of hydrogen-bond acceptors (Lipinski definition) is 3. The third kappa shape index (κ3) is 4.05. The Labute approximate surface area is 123 Å². The van der Waals surface area contributed by atoms with Gasteiger partial charge in [0.15, 0.2) is 0 Å². The van der Waals surface area contributed by atoms with E-state index in [1.165, 1.54) is 18.4 Å². The van der Waals surface area contributed by atoms with Crippen LogP contribution in [0.15, 0.2) is 30.3 Å². The van der Waals surface area contributed by atoms with Crippen LogP contribution in [0.5, 0.6) is 0 Å². The summed E-state index contributed by atoms with van der Waals surface area (Å²) >= 11 is 0. The lowest BCUT2D eigenvalue weighted by Crippen LogP contribution is -2.43. The molecule has 1 fully saturated rings. The van der Waals surface area contributed by atoms with Crippen molar-refractivity contribution in [2.45, 2.75) is 44.9 Å². The summed E-state index contributed by atoms with van der Waals surface area (Å²) in [7, 11) is 2.21. The van der Waals surface area contributed by atoms with Crippen molar-refractivity contribution in [2.24, 2.45) is 0 Å². The van der Waals surface area contributed by atoms with E-state index in [-0.39, 0.29) is 0 Å². The monoisotopic (exact) mass is 276 g/mol. The van der Waals surface area contributed by atoms with Crippen molar-refractivity contribution in [3.05, 3.63) is 35.9 Å². The largest absolute Gasteiger partial charge is 0.377 e. The lowest BCUT2D eigenvalue weighted by atomic mass is 9.99. The quantitative estimate of drug-likeness (QED) is 0.829. The fraction of sp³-hybridized carbons (Fsp3) is 0.647. The van der Waals surface area contributed by atoms with Crippen LogP contribution >= 0.6 is 0 Å². The number of ether oxygens (including phenoxy) is 1. The van der Waals surface area contributed by atoms with E-state index in [9.17, 15) is 0 Å². The van der Waals surface area contributed by atoms with Gasteiger partial charge in [-0.1, -0.05) is 37.3 Å². The highest BCUT2D eigenvalue weighted by atomic mass is 16.5. The van der Waals surface area contributed by atoms with Crippen LogP contribution in [-0.2, 0) is 4.74 Å². The Bertz CT molecular complexity index is 376. The Balaban J connectivity index is 2.00. The summed E-state index contributed by atoms with van der Waals surface area (Å²) < 4.78 is 5.76. The van der Waals surface area contributed by atoms with Crippen molar-refractivity contribution in [3.8, 4) is 0 Å². The van der Waals surface area contributed by atoms with Crippen molar-refractivity contribution in [1.29, 1.82) is 0 Å². The molecule has 1 aliphatic rings. The van der Waals surface area contributed by atoms with Gasteiger partial charge in [-0.15, -0.1) is 0 Å². The molecule has 1 aromatic rings. The Hall–Kier alpha value is -0.900. The van der Waals surface area contributed by atoms with Crippen LogP contribution in [0, 0.1) is 0 Å². The van der Waals surface area contributed by atoms with Crippen LogP contribution in [0.2, 0.25) is 0 Å². The second-order valence-corrected chi connectivity index (χ2v) is 5.76. The fourth-order valence-electron chi connectivity index (χ4n) is 2.98. The van der Waals surface area contributed by atoms with Crippen LogP contribution in [0.25, 0.3) is 0 Å². The molecule has 0 radical (unpaired) electrons. The molecule has 1 aromatic carbocycles. The van der Waals surface area contributed by atoms with E-state index in [0.717, 1.165) is 19.7 Å². The number of nitrogens with zero attached hydrogens (tertiary/aromatic N) is 1. The van der Waals surface area contributed by atoms with E-state index in [2.05, 4.69) is 61.4 Å². The second kappa shape index (κ2) is 7.77. The predicted molar refractivity (Wildman–Crippen MR) is 83.9 cm³/mol. The molecule has 112 valence electrons. The first-order chi connectivity index (χ1) is 9.72. The summed E-state index contributed by atoms with van der Waals surface area (Å²) in [4.78, 5) is 2.43. The molecule has 3 unspecified atom stereocenters. The van der Waals surface area contributed by atoms with Gasteiger partial charge in [-0.05, 0) is 38.9 Å². The van der Waals surface area contributed by atoms with Crippen molar-refractivity contribution < 1.29 is 4.74 Å². The van der Waals surface area contributed by atoms with E-state index in [0.29, 0.717) is 18.2 Å². The summed E-state index contributed by atoms with van der Waals surface area (Å²) in [6.45, 7) is 7.41. The summed E-state index contributed by atoms with van der Waals surface area (Å²) in [5.74, 6) is 0. The number of likely N-dealkylation sites (N-methyl/N-ethyl adjacent to an activating group) is 2. The van der Waals surface area contributed by atoms with Gasteiger partial charge in [-0.25, -0.2) is 0 Å². The highest BCUT2D eigenvalue weighted by molar-refractivity contribution is 5.20. The van der Waals surface area contributed by atoms with Gasteiger partial charge >= 0.3 is 0 Å². The zero-order valence-corrected chi connectivity index (χ0v) is 13.0. The van der Waals surface area contributed by atoms with Crippen LogP contribution in [0.1, 0.15) is 38.3 Å². The number of rotatable bonds is 7. The summed E-state index contributed by atoms with van der Waals surface area (Å²) in [5.41, 5.74) is 1.36. The first-order valence-electron chi connectivity index (χ1n) is 7.82. The molecule has 3 atom stereocenters. The fourth-order valence-corrected chi connectivity index (χ4v) is 2.98. The molecule has 3 heteroatoms. The Morgan fingerprint density at radius 1 is 1.35 bits per heavy atom. The van der Waals surface area contributed by atoms with Crippen molar-refractivity contribution in [3.63, 3.8) is 0 Å². The Kier molecular flexibility index (Phi) is 6.02. The zero-order valence-electron chi connectivity index (χ0n) is 13.0. The zero-order chi connectivity index (χ0) is 14.4. The molecule has 1 aliphatic heterocycles. The maximum absolute atomic E-state index is 5.76. The SMILES string of the molecule is CCNC(c1ccccc1)C(C)N(C)CC1CCCO1. The highest BCUT2D eigenvalue weighted by Gasteiger charge is 2.25. The highest BCUT2D eigenvalue weighted by Crippen LogP contribution is 2.22. The van der Waals surface area contributed by atoms with Crippen molar-refractivity contribution in [1.82, 2.24) is 10.2 Å². The maximum Gasteiger partial charge on any atom is 0.0702 e. The minimum atomic E-state index is 0.368. The molecule has 0 spiro atoms. The van der Waals surface area contributed by atoms with Gasteiger partial charge in [-0.2, -0.15) is 0 Å². The third-order valence-electron chi connectivity index (χ3n) is 4.28. The molecular formula is C17H28N2O. The minimum absolute atomic E-state index is 0.368. The first kappa shape index (κ1) is 15.5. The van der Waals surface area contributed by atoms with Gasteiger partial charge in [-0.3, -0.25) is 4.90 Å². The molecule has 2 rings (SSSR count). The molecule has 0 amide bonds. The van der Waals surface area contributed by atoms with Gasteiger partial charge < -0.3 is 10.1 Å². The molecule has 0 saturated carbocycles. The van der Waals surface area contributed by atoms with Crippen LogP contribution in [-0.4, -0.2) is 43.8 Å². The van der Waals surface area contributed by atoms with E-state index in [4.69, 9.17) is 4.74 Å². The van der Waals surface area contributed by atoms with Gasteiger partial charge in [0.1, 0.15) is 0 Å². The van der Waals surface area contributed by atoms with Crippen molar-refractivity contribution >= 4 is 0 Å². The van der Waals surface area contributed by atoms with Crippen LogP contribution < -0.4 is 5.32 Å². The molecule has 20 heavy (non-hydrogen) atoms. The van der Waals surface area contributed by atoms with Gasteiger partial charge in [0.05, 0.1) is 6.10 Å². The lowest BCUT2D eigenvalue weighted by molar-refractivity contribution is 0.0640. The van der Waals surface area contributed by atoms with Crippen molar-refractivity contribution in [2.75, 3.05) is 26.7 Å². The molecule has 3 nitrogen and oxygen atoms in total. The summed E-state index contributed by atoms with van der Waals surface area (Å²) in [5, 5.41) is 3.62. The van der Waals surface area contributed by atoms with Gasteiger partial charge in [0.25, 0.3) is 0 Å². The molecule has 0 bridgehead atoms. The number of nitrogens with one attached hydrogen (secondary N) is 1. The molecule has 1 saturated heterocycles. The number of benzene rings is 1. The average molecular weight is 276 g/mol. The maximum atomic E-state index is 5.76. The van der Waals surface area contributed by atoms with Crippen LogP contribution in [0.4, 0.5) is 0 Å². The van der Waals surface area contributed by atoms with Gasteiger partial charge in [0, 0.05) is 25.2 Å². The molecule has 0 aromatic heterocycles. The Morgan fingerprint density at radius 2 is 2.10 bits per heavy atom. The summed E-state index contributed by atoms with van der Waals surface area (Å²) in [6.07, 6.45) is 2.83. The third-order valence-corrected chi connectivity index (χ3v) is 4.28. The molecule has 1 N–H and O–H groups in total. The lowest BCUT2D eigenvalue weighted by Gasteiger charge is -2.34. The van der Waals surface area contributed by atoms with E-state index >= 15 is 0 Å². The number of hydrogen-bond donors (Lipinski definition) is 1. The smallest absolute Gasteiger partial charge is 0.0702 e. The first-order valence-corrected chi connectivity index (χ1v) is 7.82. The topological polar surface area (TPSA) is 24.5 Å². The van der Waals surface area contributed by atoms with E-state index < -0.39 is 0 Å². The molecule has 1 heterocycles. The van der Waals surface area contributed by atoms with Gasteiger partial charge in [0.2, 0.25) is 0 Å². The van der Waals surface area contributed by atoms with E-state index in [1.54, 1.807) is 0 Å². The molecular weight excluding hydrogens is 248 g/mol. The summed E-state index contributed by atoms with van der Waals surface area (Å²) in [6, 6.07) is 11.5.